The van der Waals surface area contributed by atoms with Crippen LogP contribution in [0.15, 0.2) is 79.1 Å². The Bertz CT molecular complexity index is 945. The highest BCUT2D eigenvalue weighted by Gasteiger charge is 2.29. The van der Waals surface area contributed by atoms with Crippen molar-refractivity contribution in [3.63, 3.8) is 0 Å². The Morgan fingerprint density at radius 3 is 2.36 bits per heavy atom. The van der Waals surface area contributed by atoms with E-state index in [-0.39, 0.29) is 0 Å². The first-order valence-corrected chi connectivity index (χ1v) is 12.1. The average molecular weight is 463 g/mol. The van der Waals surface area contributed by atoms with Crippen molar-refractivity contribution in [3.8, 4) is 0 Å². The minimum atomic E-state index is -3.54. The van der Waals surface area contributed by atoms with Crippen molar-refractivity contribution in [3.05, 3.63) is 74.2 Å². The van der Waals surface area contributed by atoms with E-state index >= 15 is 0 Å². The van der Waals surface area contributed by atoms with E-state index in [2.05, 4.69) is 49.4 Å². The molecule has 1 aliphatic carbocycles. The summed E-state index contributed by atoms with van der Waals surface area (Å²) in [4.78, 5) is 0.922. The summed E-state index contributed by atoms with van der Waals surface area (Å²) < 4.78 is 28.0. The number of allylic oxidation sites excluding steroid dienone is 7. The first-order chi connectivity index (χ1) is 13.1. The smallest absolute Gasteiger partial charge is 0.203 e. The molecule has 0 saturated heterocycles. The topological polar surface area (TPSA) is 34.1 Å². The second-order valence-electron chi connectivity index (χ2n) is 7.75. The lowest BCUT2D eigenvalue weighted by Crippen LogP contribution is -2.14. The fourth-order valence-corrected chi connectivity index (χ4v) is 5.46. The van der Waals surface area contributed by atoms with Crippen molar-refractivity contribution in [2.24, 2.45) is 5.92 Å². The van der Waals surface area contributed by atoms with Gasteiger partial charge in [0.1, 0.15) is 0 Å². The predicted molar refractivity (Wildman–Crippen MR) is 123 cm³/mol. The maximum absolute atomic E-state index is 13.5. The molecule has 1 aliphatic rings. The zero-order valence-electron chi connectivity index (χ0n) is 17.6. The lowest BCUT2D eigenvalue weighted by atomic mass is 9.83. The van der Waals surface area contributed by atoms with Crippen LogP contribution in [0.25, 0.3) is 0 Å². The van der Waals surface area contributed by atoms with E-state index in [0.29, 0.717) is 22.1 Å². The zero-order chi connectivity index (χ0) is 21.1. The predicted octanol–water partition coefficient (Wildman–Crippen LogP) is 7.55. The number of benzene rings is 1. The Kier molecular flexibility index (Phi) is 7.69. The van der Waals surface area contributed by atoms with Crippen LogP contribution in [0.1, 0.15) is 60.3 Å². The molecule has 0 aliphatic heterocycles. The van der Waals surface area contributed by atoms with Gasteiger partial charge in [0.25, 0.3) is 0 Å². The van der Waals surface area contributed by atoms with Crippen LogP contribution in [0, 0.1) is 5.92 Å². The van der Waals surface area contributed by atoms with Crippen molar-refractivity contribution < 1.29 is 8.42 Å². The normalized spacial score (nSPS) is 17.1. The summed E-state index contributed by atoms with van der Waals surface area (Å²) in [6, 6.07) is 6.94. The van der Waals surface area contributed by atoms with Crippen LogP contribution in [0.3, 0.4) is 0 Å². The molecule has 2 nitrogen and oxygen atoms in total. The van der Waals surface area contributed by atoms with Gasteiger partial charge in [-0.1, -0.05) is 53.6 Å². The van der Waals surface area contributed by atoms with Gasteiger partial charge in [-0.25, -0.2) is 8.42 Å². The molecule has 1 aromatic rings. The van der Waals surface area contributed by atoms with Crippen LogP contribution in [0.2, 0.25) is 0 Å². The maximum Gasteiger partial charge on any atom is 0.203 e. The van der Waals surface area contributed by atoms with Gasteiger partial charge in [0.05, 0.1) is 9.80 Å². The lowest BCUT2D eigenvalue weighted by Gasteiger charge is -2.26. The molecule has 0 bridgehead atoms. The third-order valence-corrected chi connectivity index (χ3v) is 8.12. The maximum atomic E-state index is 13.5. The molecule has 0 amide bonds. The van der Waals surface area contributed by atoms with Crippen LogP contribution >= 0.6 is 15.9 Å². The summed E-state index contributed by atoms with van der Waals surface area (Å²) in [5, 5.41) is 0. The van der Waals surface area contributed by atoms with E-state index in [1.807, 2.05) is 13.8 Å². The molecular weight excluding hydrogens is 432 g/mol. The molecule has 0 fully saturated rings. The van der Waals surface area contributed by atoms with E-state index < -0.39 is 9.84 Å². The minimum absolute atomic E-state index is 0.301. The van der Waals surface area contributed by atoms with Gasteiger partial charge in [0.15, 0.2) is 0 Å². The van der Waals surface area contributed by atoms with Crippen molar-refractivity contribution in [2.45, 2.75) is 65.2 Å². The first kappa shape index (κ1) is 22.9. The van der Waals surface area contributed by atoms with E-state index in [0.717, 1.165) is 40.5 Å². The average Bonchev–Trinajstić information content (AvgIpc) is 2.65. The van der Waals surface area contributed by atoms with Crippen molar-refractivity contribution in [1.29, 1.82) is 0 Å². The third-order valence-electron chi connectivity index (χ3n) is 5.64. The molecule has 1 aromatic carbocycles. The molecule has 0 aromatic heterocycles. The molecule has 28 heavy (non-hydrogen) atoms. The van der Waals surface area contributed by atoms with Gasteiger partial charge < -0.3 is 0 Å². The van der Waals surface area contributed by atoms with Crippen LogP contribution < -0.4 is 0 Å². The quantitative estimate of drug-likeness (QED) is 0.391. The highest BCUT2D eigenvalue weighted by Crippen LogP contribution is 2.40. The molecule has 2 rings (SSSR count). The lowest BCUT2D eigenvalue weighted by molar-refractivity contribution is 0.598. The Hall–Kier alpha value is -1.39. The Balaban J connectivity index is 2.72. The van der Waals surface area contributed by atoms with E-state index in [9.17, 15) is 8.42 Å². The highest BCUT2D eigenvalue weighted by molar-refractivity contribution is 9.10. The molecule has 0 spiro atoms. The fourth-order valence-electron chi connectivity index (χ4n) is 3.48. The highest BCUT2D eigenvalue weighted by atomic mass is 79.9. The number of halogens is 1. The van der Waals surface area contributed by atoms with Gasteiger partial charge in [-0.3, -0.25) is 0 Å². The Morgan fingerprint density at radius 2 is 1.82 bits per heavy atom. The van der Waals surface area contributed by atoms with Crippen LogP contribution in [0.4, 0.5) is 0 Å². The van der Waals surface area contributed by atoms with Gasteiger partial charge in [-0.15, -0.1) is 0 Å². The van der Waals surface area contributed by atoms with E-state index in [1.54, 1.807) is 24.3 Å². The second kappa shape index (κ2) is 9.41. The summed E-state index contributed by atoms with van der Waals surface area (Å²) in [6.45, 7) is 14.6. The summed E-state index contributed by atoms with van der Waals surface area (Å²) in [5.41, 5.74) is 5.54. The molecule has 1 atom stereocenters. The van der Waals surface area contributed by atoms with E-state index in [4.69, 9.17) is 0 Å². The fraction of sp³-hybridized carbons (Fsp3) is 0.417. The van der Waals surface area contributed by atoms with Gasteiger partial charge in [0.2, 0.25) is 9.84 Å². The summed E-state index contributed by atoms with van der Waals surface area (Å²) in [5.74, 6) is 0.301. The molecular formula is C24H31BrO2S. The van der Waals surface area contributed by atoms with Crippen LogP contribution in [0.5, 0.6) is 0 Å². The molecule has 1 unspecified atom stereocenters. The Morgan fingerprint density at radius 1 is 1.21 bits per heavy atom. The van der Waals surface area contributed by atoms with Gasteiger partial charge in [-0.05, 0) is 93.4 Å². The molecule has 0 N–H and O–H groups in total. The first-order valence-electron chi connectivity index (χ1n) is 9.84. The molecule has 0 radical (unpaired) electrons. The second-order valence-corrected chi connectivity index (χ2v) is 10.6. The monoisotopic (exact) mass is 462 g/mol. The SMILES string of the molecule is C=C(C)C(C)C/C(C1=C(S(=O)(=O)c2ccc(Br)cc2)CCC=C1C)=C(\C)CC. The number of hydrogen-bond donors (Lipinski definition) is 0. The third kappa shape index (κ3) is 4.96. The standard InChI is InChI=1S/C24H31BrO2S/c1-7-17(4)22(15-19(6)16(2)3)24-18(5)9-8-10-23(24)28(26,27)21-13-11-20(25)12-14-21/h9,11-14,19H,2,7-8,10,15H2,1,3-6H3/b22-17-. The van der Waals surface area contributed by atoms with Crippen molar-refractivity contribution in [1.82, 2.24) is 0 Å². The molecule has 4 heteroatoms. The van der Waals surface area contributed by atoms with E-state index in [1.165, 1.54) is 11.1 Å². The number of hydrogen-bond acceptors (Lipinski definition) is 2. The number of rotatable bonds is 7. The number of sulfone groups is 1. The molecule has 0 heterocycles. The minimum Gasteiger partial charge on any atom is -0.219 e. The zero-order valence-corrected chi connectivity index (χ0v) is 20.0. The molecule has 152 valence electrons. The van der Waals surface area contributed by atoms with Crippen molar-refractivity contribution >= 4 is 25.8 Å². The van der Waals surface area contributed by atoms with Gasteiger partial charge in [0, 0.05) is 4.47 Å². The van der Waals surface area contributed by atoms with Crippen molar-refractivity contribution in [2.75, 3.05) is 0 Å². The Labute approximate surface area is 179 Å². The summed E-state index contributed by atoms with van der Waals surface area (Å²) in [6.07, 6.45) is 5.20. The summed E-state index contributed by atoms with van der Waals surface area (Å²) >= 11 is 3.39. The van der Waals surface area contributed by atoms with Gasteiger partial charge >= 0.3 is 0 Å². The van der Waals surface area contributed by atoms with Crippen LogP contribution in [-0.2, 0) is 9.84 Å². The largest absolute Gasteiger partial charge is 0.219 e. The van der Waals surface area contributed by atoms with Crippen LogP contribution in [-0.4, -0.2) is 8.42 Å². The molecule has 0 saturated carbocycles. The summed E-state index contributed by atoms with van der Waals surface area (Å²) in [7, 11) is -3.54. The van der Waals surface area contributed by atoms with Gasteiger partial charge in [-0.2, -0.15) is 0 Å².